The second-order valence-corrected chi connectivity index (χ2v) is 10.2. The van der Waals surface area contributed by atoms with Gasteiger partial charge in [-0.15, -0.1) is 37.2 Å². The summed E-state index contributed by atoms with van der Waals surface area (Å²) in [6.45, 7) is 7.50. The molecule has 1 fully saturated rings. The fourth-order valence-electron chi connectivity index (χ4n) is 5.14. The molecule has 2 unspecified atom stereocenters. The Kier molecular flexibility index (Phi) is 17.7. The van der Waals surface area contributed by atoms with Gasteiger partial charge in [-0.25, -0.2) is 9.97 Å². The lowest BCUT2D eigenvalue weighted by Crippen LogP contribution is -2.46. The first-order valence-electron chi connectivity index (χ1n) is 12.2. The molecule has 224 valence electrons. The molecule has 10 nitrogen and oxygen atoms in total. The summed E-state index contributed by atoms with van der Waals surface area (Å²) in [7, 11) is 0. The third-order valence-electron chi connectivity index (χ3n) is 7.21. The number of para-hydroxylation sites is 2. The van der Waals surface area contributed by atoms with Gasteiger partial charge in [-0.1, -0.05) is 37.6 Å². The minimum atomic E-state index is 0. The summed E-state index contributed by atoms with van der Waals surface area (Å²) in [5.74, 6) is 1.44. The van der Waals surface area contributed by atoms with Gasteiger partial charge in [-0.05, 0) is 50.2 Å². The first-order chi connectivity index (χ1) is 16.0. The second-order valence-electron chi connectivity index (χ2n) is 9.85. The third-order valence-corrected chi connectivity index (χ3v) is 7.39. The first kappa shape index (κ1) is 39.7. The van der Waals surface area contributed by atoms with Gasteiger partial charge in [0.05, 0.1) is 34.7 Å². The van der Waals surface area contributed by atoms with Gasteiger partial charge in [0.15, 0.2) is 0 Å². The van der Waals surface area contributed by atoms with Crippen LogP contribution in [-0.2, 0) is 6.42 Å². The van der Waals surface area contributed by atoms with Crippen LogP contribution in [0.4, 0.5) is 5.95 Å². The van der Waals surface area contributed by atoms with Crippen LogP contribution in [0.5, 0.6) is 0 Å². The SMILES string of the molecule is CC(C)C(N)CN1CCC(Nc2nc3ccccc3n2C2CCCc3nc(Cl)cnc32)CC1.Cl.Cl.Cl.O.O.O. The van der Waals surface area contributed by atoms with E-state index in [1.165, 1.54) is 0 Å². The largest absolute Gasteiger partial charge is 0.412 e. The fourth-order valence-corrected chi connectivity index (χ4v) is 5.29. The monoisotopic (exact) mass is 629 g/mol. The zero-order valence-corrected chi connectivity index (χ0v) is 25.5. The molecule has 3 heterocycles. The van der Waals surface area contributed by atoms with Crippen LogP contribution in [0.25, 0.3) is 11.0 Å². The van der Waals surface area contributed by atoms with Gasteiger partial charge >= 0.3 is 0 Å². The molecule has 3 aromatic rings. The molecule has 5 rings (SSSR count). The van der Waals surface area contributed by atoms with Crippen LogP contribution in [0.15, 0.2) is 30.5 Å². The number of hydrogen-bond acceptors (Lipinski definition) is 6. The van der Waals surface area contributed by atoms with Gasteiger partial charge in [0.1, 0.15) is 5.15 Å². The van der Waals surface area contributed by atoms with E-state index in [1.807, 2.05) is 6.07 Å². The molecule has 2 atom stereocenters. The molecule has 0 saturated carbocycles. The number of benzene rings is 1. The molecule has 1 aromatic carbocycles. The maximum Gasteiger partial charge on any atom is 0.204 e. The topological polar surface area (TPSA) is 179 Å². The van der Waals surface area contributed by atoms with Crippen molar-refractivity contribution in [3.05, 3.63) is 47.0 Å². The van der Waals surface area contributed by atoms with Crippen molar-refractivity contribution in [3.8, 4) is 0 Å². The van der Waals surface area contributed by atoms with Crippen molar-refractivity contribution in [1.82, 2.24) is 24.4 Å². The zero-order chi connectivity index (χ0) is 22.9. The van der Waals surface area contributed by atoms with Gasteiger partial charge in [0.25, 0.3) is 0 Å². The number of piperidine rings is 1. The highest BCUT2D eigenvalue weighted by atomic mass is 35.5. The molecule has 0 spiro atoms. The number of halogens is 4. The highest BCUT2D eigenvalue weighted by Crippen LogP contribution is 2.36. The van der Waals surface area contributed by atoms with Crippen LogP contribution < -0.4 is 11.1 Å². The Morgan fingerprint density at radius 3 is 2.36 bits per heavy atom. The fraction of sp³-hybridized carbons (Fsp3) is 0.560. The van der Waals surface area contributed by atoms with Crippen molar-refractivity contribution in [2.24, 2.45) is 11.7 Å². The number of aromatic nitrogens is 4. The number of aryl methyl sites for hydroxylation is 1. The molecule has 2 aliphatic rings. The van der Waals surface area contributed by atoms with Gasteiger partial charge in [0, 0.05) is 31.7 Å². The minimum absolute atomic E-state index is 0. The molecule has 2 aromatic heterocycles. The van der Waals surface area contributed by atoms with Crippen molar-refractivity contribution in [2.45, 2.75) is 64.1 Å². The third kappa shape index (κ3) is 8.76. The van der Waals surface area contributed by atoms with Crippen LogP contribution in [-0.4, -0.2) is 72.6 Å². The Hall–Kier alpha value is -1.47. The molecular weight excluding hydrogens is 588 g/mol. The van der Waals surface area contributed by atoms with E-state index in [2.05, 4.69) is 51.8 Å². The van der Waals surface area contributed by atoms with E-state index in [1.54, 1.807) is 6.20 Å². The lowest BCUT2D eigenvalue weighted by atomic mass is 9.95. The number of fused-ring (bicyclic) bond motifs is 2. The Labute approximate surface area is 253 Å². The molecule has 14 heteroatoms. The molecule has 0 amide bonds. The second kappa shape index (κ2) is 17.4. The molecule has 1 saturated heterocycles. The summed E-state index contributed by atoms with van der Waals surface area (Å²) in [6, 6.07) is 9.11. The van der Waals surface area contributed by atoms with Crippen molar-refractivity contribution in [1.29, 1.82) is 0 Å². The summed E-state index contributed by atoms with van der Waals surface area (Å²) in [5.41, 5.74) is 10.5. The number of nitrogens with zero attached hydrogens (tertiary/aromatic N) is 5. The van der Waals surface area contributed by atoms with Crippen molar-refractivity contribution in [2.75, 3.05) is 25.0 Å². The minimum Gasteiger partial charge on any atom is -0.412 e. The highest BCUT2D eigenvalue weighted by molar-refractivity contribution is 6.29. The number of anilines is 1. The van der Waals surface area contributed by atoms with Crippen molar-refractivity contribution >= 4 is 65.8 Å². The van der Waals surface area contributed by atoms with Gasteiger partial charge in [-0.2, -0.15) is 0 Å². The van der Waals surface area contributed by atoms with Crippen molar-refractivity contribution < 1.29 is 16.4 Å². The Bertz CT molecular complexity index is 1130. The lowest BCUT2D eigenvalue weighted by Gasteiger charge is -2.35. The lowest BCUT2D eigenvalue weighted by molar-refractivity contribution is 0.194. The van der Waals surface area contributed by atoms with E-state index in [4.69, 9.17) is 27.3 Å². The summed E-state index contributed by atoms with van der Waals surface area (Å²) in [6.07, 6.45) is 6.85. The smallest absolute Gasteiger partial charge is 0.204 e. The zero-order valence-electron chi connectivity index (χ0n) is 22.3. The number of likely N-dealkylation sites (tertiary alicyclic amines) is 1. The number of nitrogens with one attached hydrogen (secondary N) is 1. The molecule has 1 aliphatic carbocycles. The maximum atomic E-state index is 6.31. The van der Waals surface area contributed by atoms with E-state index < -0.39 is 0 Å². The summed E-state index contributed by atoms with van der Waals surface area (Å²) >= 11 is 6.15. The van der Waals surface area contributed by atoms with E-state index in [-0.39, 0.29) is 65.7 Å². The van der Waals surface area contributed by atoms with E-state index in [9.17, 15) is 0 Å². The molecule has 39 heavy (non-hydrogen) atoms. The molecule has 9 N–H and O–H groups in total. The predicted octanol–water partition coefficient (Wildman–Crippen LogP) is 3.06. The molecule has 0 bridgehead atoms. The number of nitrogens with two attached hydrogens (primary N) is 1. The Morgan fingerprint density at radius 1 is 1.03 bits per heavy atom. The molecule has 1 aliphatic heterocycles. The number of hydrogen-bond donors (Lipinski definition) is 2. The van der Waals surface area contributed by atoms with E-state index in [0.29, 0.717) is 17.1 Å². The Balaban J connectivity index is 0. The maximum absolute atomic E-state index is 6.31. The summed E-state index contributed by atoms with van der Waals surface area (Å²) < 4.78 is 2.34. The highest BCUT2D eigenvalue weighted by Gasteiger charge is 2.30. The van der Waals surface area contributed by atoms with Crippen LogP contribution in [0.3, 0.4) is 0 Å². The van der Waals surface area contributed by atoms with Crippen molar-refractivity contribution in [3.63, 3.8) is 0 Å². The Morgan fingerprint density at radius 2 is 1.69 bits per heavy atom. The van der Waals surface area contributed by atoms with Crippen LogP contribution >= 0.6 is 48.8 Å². The molecular formula is C25H43Cl4N7O3. The molecule has 0 radical (unpaired) electrons. The average molecular weight is 631 g/mol. The van der Waals surface area contributed by atoms with Crippen LogP contribution in [0.2, 0.25) is 5.15 Å². The predicted molar refractivity (Wildman–Crippen MR) is 166 cm³/mol. The number of imidazole rings is 1. The van der Waals surface area contributed by atoms with Crippen LogP contribution in [0, 0.1) is 5.92 Å². The van der Waals surface area contributed by atoms with Crippen LogP contribution in [0.1, 0.15) is 57.0 Å². The van der Waals surface area contributed by atoms with Gasteiger partial charge in [0.2, 0.25) is 5.95 Å². The quantitative estimate of drug-likeness (QED) is 0.422. The van der Waals surface area contributed by atoms with E-state index >= 15 is 0 Å². The summed E-state index contributed by atoms with van der Waals surface area (Å²) in [4.78, 5) is 16.8. The first-order valence-corrected chi connectivity index (χ1v) is 12.6. The number of rotatable bonds is 6. The van der Waals surface area contributed by atoms with Gasteiger partial charge in [-0.3, -0.25) is 4.98 Å². The average Bonchev–Trinajstić information content (AvgIpc) is 3.17. The summed E-state index contributed by atoms with van der Waals surface area (Å²) in [5, 5.41) is 4.26. The standard InChI is InChI=1S/C25H34ClN7.3ClH.3H2O/c1-16(2)18(27)15-32-12-10-17(11-13-32)29-25-31-19-6-3-4-8-21(19)33(25)22-9-5-7-20-24(22)28-14-23(26)30-20;;;;;;/h3-4,6,8,14,16-18,22H,5,7,9-13,15,27H2,1-2H3,(H,29,31);3*1H;3*1H2. The normalized spacial score (nSPS) is 17.6. The van der Waals surface area contributed by atoms with Gasteiger partial charge < -0.3 is 36.9 Å². The van der Waals surface area contributed by atoms with E-state index in [0.717, 1.165) is 80.1 Å².